The second kappa shape index (κ2) is 8.74. The van der Waals surface area contributed by atoms with Gasteiger partial charge in [-0.3, -0.25) is 9.59 Å². The third-order valence-corrected chi connectivity index (χ3v) is 5.64. The molecule has 0 fully saturated rings. The average molecular weight is 490 g/mol. The zero-order valence-electron chi connectivity index (χ0n) is 13.1. The third-order valence-electron chi connectivity index (χ3n) is 3.44. The molecule has 0 unspecified atom stereocenters. The van der Waals surface area contributed by atoms with Crippen molar-refractivity contribution in [2.24, 2.45) is 0 Å². The Hall–Kier alpha value is -1.50. The summed E-state index contributed by atoms with van der Waals surface area (Å²) in [6.07, 6.45) is 0.107. The van der Waals surface area contributed by atoms with Crippen molar-refractivity contribution in [1.82, 2.24) is 5.32 Å². The maximum Gasteiger partial charge on any atom is 0.316 e. The summed E-state index contributed by atoms with van der Waals surface area (Å²) in [4.78, 5) is 23.6. The number of phenols is 1. The maximum absolute atomic E-state index is 12.1. The Morgan fingerprint density at radius 1 is 1.48 bits per heavy atom. The van der Waals surface area contributed by atoms with Gasteiger partial charge in [-0.25, -0.2) is 0 Å². The van der Waals surface area contributed by atoms with Crippen molar-refractivity contribution in [3.63, 3.8) is 0 Å². The van der Waals surface area contributed by atoms with Crippen molar-refractivity contribution in [3.05, 3.63) is 37.2 Å². The Morgan fingerprint density at radius 3 is 2.68 bits per heavy atom. The number of nitriles is 1. The first-order valence-corrected chi connectivity index (χ1v) is 9.85. The molecule has 1 aliphatic heterocycles. The van der Waals surface area contributed by atoms with E-state index < -0.39 is 11.9 Å². The van der Waals surface area contributed by atoms with Gasteiger partial charge in [-0.2, -0.15) is 5.26 Å². The molecule has 0 aliphatic carbocycles. The van der Waals surface area contributed by atoms with Crippen LogP contribution in [0.3, 0.4) is 0 Å². The Kier molecular flexibility index (Phi) is 6.93. The summed E-state index contributed by atoms with van der Waals surface area (Å²) < 4.78 is 5.78. The molecule has 2 rings (SSSR count). The topological polar surface area (TPSA) is 99.4 Å². The number of ether oxygens (including phenoxy) is 1. The van der Waals surface area contributed by atoms with Crippen molar-refractivity contribution in [2.75, 3.05) is 12.4 Å². The van der Waals surface area contributed by atoms with Crippen LogP contribution in [0, 0.1) is 11.3 Å². The van der Waals surface area contributed by atoms with Crippen LogP contribution in [0.4, 0.5) is 0 Å². The molecule has 25 heavy (non-hydrogen) atoms. The van der Waals surface area contributed by atoms with E-state index in [2.05, 4.69) is 43.2 Å². The van der Waals surface area contributed by atoms with E-state index in [1.807, 2.05) is 0 Å². The van der Waals surface area contributed by atoms with Crippen LogP contribution in [0.25, 0.3) is 0 Å². The van der Waals surface area contributed by atoms with Crippen molar-refractivity contribution in [2.45, 2.75) is 19.3 Å². The Labute approximate surface area is 165 Å². The van der Waals surface area contributed by atoms with E-state index in [1.54, 1.807) is 19.1 Å². The van der Waals surface area contributed by atoms with E-state index in [-0.39, 0.29) is 30.4 Å². The number of esters is 1. The van der Waals surface area contributed by atoms with Crippen LogP contribution in [0.5, 0.6) is 5.75 Å². The van der Waals surface area contributed by atoms with Gasteiger partial charge < -0.3 is 15.2 Å². The van der Waals surface area contributed by atoms with Gasteiger partial charge >= 0.3 is 5.97 Å². The summed E-state index contributed by atoms with van der Waals surface area (Å²) in [6, 6.07) is 5.48. The number of phenolic OH excluding ortho intramolecular Hbond substituents is 1. The molecule has 1 aliphatic rings. The summed E-state index contributed by atoms with van der Waals surface area (Å²) in [7, 11) is 0. The fraction of sp³-hybridized carbons (Fsp3) is 0.312. The second-order valence-corrected chi connectivity index (χ2v) is 7.78. The molecule has 132 valence electrons. The second-order valence-electron chi connectivity index (χ2n) is 5.09. The zero-order chi connectivity index (χ0) is 18.6. The normalized spacial score (nSPS) is 17.0. The van der Waals surface area contributed by atoms with Gasteiger partial charge in [-0.05, 0) is 56.5 Å². The minimum Gasteiger partial charge on any atom is -0.506 e. The van der Waals surface area contributed by atoms with Crippen LogP contribution in [0.2, 0.25) is 0 Å². The molecule has 0 bridgehead atoms. The van der Waals surface area contributed by atoms with E-state index >= 15 is 0 Å². The molecule has 0 saturated heterocycles. The van der Waals surface area contributed by atoms with Gasteiger partial charge in [0.25, 0.3) is 0 Å². The fourth-order valence-electron chi connectivity index (χ4n) is 2.34. The highest BCUT2D eigenvalue weighted by molar-refractivity contribution is 9.11. The van der Waals surface area contributed by atoms with E-state index in [0.29, 0.717) is 25.1 Å². The largest absolute Gasteiger partial charge is 0.506 e. The standard InChI is InChI=1S/C16H14Br2N2O4S/c1-2-24-14(22)7-25-16-10(6-19)9(5-13(21)20-16)8-3-11(17)15(23)12(18)4-8/h3-4,9,23H,2,5,7H2,1H3,(H,20,21)/t9-/m1/s1. The van der Waals surface area contributed by atoms with E-state index in [4.69, 9.17) is 4.74 Å². The number of allylic oxidation sites excluding steroid dienone is 1. The lowest BCUT2D eigenvalue weighted by Crippen LogP contribution is -2.31. The SMILES string of the molecule is CCOC(=O)CSC1=C(C#N)[C@@H](c2cc(Br)c(O)c(Br)c2)CC(=O)N1. The van der Waals surface area contributed by atoms with Crippen LogP contribution in [0.15, 0.2) is 31.7 Å². The van der Waals surface area contributed by atoms with E-state index in [1.165, 1.54) is 0 Å². The molecule has 2 N–H and O–H groups in total. The molecule has 0 saturated carbocycles. The smallest absolute Gasteiger partial charge is 0.316 e. The van der Waals surface area contributed by atoms with Crippen molar-refractivity contribution in [1.29, 1.82) is 5.26 Å². The predicted octanol–water partition coefficient (Wildman–Crippen LogP) is 3.55. The lowest BCUT2D eigenvalue weighted by molar-refractivity contribution is -0.139. The quantitative estimate of drug-likeness (QED) is 0.613. The first kappa shape index (κ1) is 19.8. The minimum atomic E-state index is -0.461. The number of rotatable bonds is 5. The Bertz CT molecular complexity index is 766. The molecule has 0 aromatic heterocycles. The molecule has 9 heteroatoms. The van der Waals surface area contributed by atoms with Crippen LogP contribution in [0.1, 0.15) is 24.8 Å². The molecule has 6 nitrogen and oxygen atoms in total. The highest BCUT2D eigenvalue weighted by Crippen LogP contribution is 2.41. The van der Waals surface area contributed by atoms with Crippen molar-refractivity contribution < 1.29 is 19.4 Å². The average Bonchev–Trinajstić information content (AvgIpc) is 2.57. The molecule has 1 atom stereocenters. The number of hydrogen-bond donors (Lipinski definition) is 2. The summed E-state index contributed by atoms with van der Waals surface area (Å²) in [5.41, 5.74) is 1.08. The van der Waals surface area contributed by atoms with E-state index in [0.717, 1.165) is 11.8 Å². The van der Waals surface area contributed by atoms with Crippen LogP contribution < -0.4 is 5.32 Å². The summed E-state index contributed by atoms with van der Waals surface area (Å²) in [6.45, 7) is 1.98. The Balaban J connectivity index is 2.37. The predicted molar refractivity (Wildman–Crippen MR) is 101 cm³/mol. The van der Waals surface area contributed by atoms with Gasteiger partial charge in [-0.15, -0.1) is 0 Å². The third kappa shape index (κ3) is 4.77. The van der Waals surface area contributed by atoms with Gasteiger partial charge in [0.2, 0.25) is 5.91 Å². The summed E-state index contributed by atoms with van der Waals surface area (Å²) >= 11 is 7.58. The maximum atomic E-state index is 12.1. The molecule has 1 amide bonds. The number of hydrogen-bond acceptors (Lipinski definition) is 6. The van der Waals surface area contributed by atoms with Gasteiger partial charge in [0.05, 0.1) is 38.0 Å². The number of aromatic hydroxyl groups is 1. The molecule has 1 aromatic carbocycles. The van der Waals surface area contributed by atoms with Crippen LogP contribution in [-0.2, 0) is 14.3 Å². The molecule has 1 aromatic rings. The Morgan fingerprint density at radius 2 is 2.12 bits per heavy atom. The zero-order valence-corrected chi connectivity index (χ0v) is 17.1. The monoisotopic (exact) mass is 488 g/mol. The summed E-state index contributed by atoms with van der Waals surface area (Å²) in [5.74, 6) is -1.07. The first-order chi connectivity index (χ1) is 11.9. The first-order valence-electron chi connectivity index (χ1n) is 7.27. The van der Waals surface area contributed by atoms with Gasteiger partial charge in [0, 0.05) is 12.3 Å². The number of carbonyl (C=O) groups excluding carboxylic acids is 2. The number of nitrogens with one attached hydrogen (secondary N) is 1. The number of nitrogens with zero attached hydrogens (tertiary/aromatic N) is 1. The van der Waals surface area contributed by atoms with E-state index in [9.17, 15) is 20.0 Å². The molecule has 1 heterocycles. The van der Waals surface area contributed by atoms with Gasteiger partial charge in [-0.1, -0.05) is 11.8 Å². The molecular formula is C16H14Br2N2O4S. The number of halogens is 2. The van der Waals surface area contributed by atoms with Crippen LogP contribution in [-0.4, -0.2) is 29.3 Å². The molecule has 0 spiro atoms. The van der Waals surface area contributed by atoms with Crippen molar-refractivity contribution >= 4 is 55.5 Å². The van der Waals surface area contributed by atoms with Gasteiger partial charge in [0.15, 0.2) is 0 Å². The van der Waals surface area contributed by atoms with Gasteiger partial charge in [0.1, 0.15) is 5.75 Å². The highest BCUT2D eigenvalue weighted by atomic mass is 79.9. The van der Waals surface area contributed by atoms with Crippen molar-refractivity contribution in [3.8, 4) is 11.8 Å². The number of benzene rings is 1. The lowest BCUT2D eigenvalue weighted by Gasteiger charge is -2.25. The number of amides is 1. The summed E-state index contributed by atoms with van der Waals surface area (Å²) in [5, 5.41) is 22.4. The molecular weight excluding hydrogens is 476 g/mol. The van der Waals surface area contributed by atoms with Crippen LogP contribution >= 0.6 is 43.6 Å². The lowest BCUT2D eigenvalue weighted by atomic mass is 9.87. The number of carbonyl (C=O) groups is 2. The number of thioether (sulfide) groups is 1. The minimum absolute atomic E-state index is 0.00429. The molecule has 0 radical (unpaired) electrons. The fourth-order valence-corrected chi connectivity index (χ4v) is 4.43. The highest BCUT2D eigenvalue weighted by Gasteiger charge is 2.30.